The summed E-state index contributed by atoms with van der Waals surface area (Å²) >= 11 is 0. The number of fused-ring (bicyclic) bond motifs is 6. The van der Waals surface area contributed by atoms with Crippen molar-refractivity contribution in [2.24, 2.45) is 0 Å². The lowest BCUT2D eigenvalue weighted by Gasteiger charge is -2.20. The molecule has 3 aromatic heterocycles. The largest absolute Gasteiger partial charge is 0.309 e. The van der Waals surface area contributed by atoms with Crippen LogP contribution in [0.15, 0.2) is 164 Å². The van der Waals surface area contributed by atoms with Crippen molar-refractivity contribution in [1.82, 2.24) is 24.1 Å². The van der Waals surface area contributed by atoms with Crippen molar-refractivity contribution in [2.45, 2.75) is 105 Å². The molecule has 0 radical (unpaired) electrons. The van der Waals surface area contributed by atoms with Crippen molar-refractivity contribution >= 4 is 49.3 Å². The van der Waals surface area contributed by atoms with Crippen molar-refractivity contribution in [1.29, 1.82) is 5.26 Å². The summed E-state index contributed by atoms with van der Waals surface area (Å²) in [4.78, 5) is 20.4. The molecule has 11 rings (SSSR count). The fourth-order valence-electron chi connectivity index (χ4n) is 10.6. The van der Waals surface area contributed by atoms with Crippen LogP contribution in [0.3, 0.4) is 0 Å². The second-order valence-electron chi connectivity index (χ2n) is 24.5. The van der Waals surface area contributed by atoms with Gasteiger partial charge in [0.05, 0.1) is 51.6 Å². The summed E-state index contributed by atoms with van der Waals surface area (Å²) in [6, 6.07) is 59.9. The lowest BCUT2D eigenvalue weighted by molar-refractivity contribution is 0.590. The van der Waals surface area contributed by atoms with Crippen LogP contribution in [0.4, 0.5) is 5.69 Å². The highest BCUT2D eigenvalue weighted by Gasteiger charge is 2.27. The molecule has 0 unspecified atom stereocenters. The Hall–Kier alpha value is -8.65. The zero-order valence-electron chi connectivity index (χ0n) is 45.7. The van der Waals surface area contributed by atoms with E-state index in [0.29, 0.717) is 34.3 Å². The first kappa shape index (κ1) is 49.6. The van der Waals surface area contributed by atoms with E-state index < -0.39 is 0 Å². The van der Waals surface area contributed by atoms with Crippen molar-refractivity contribution < 1.29 is 0 Å². The molecule has 3 heterocycles. The third-order valence-corrected chi connectivity index (χ3v) is 15.1. The second-order valence-corrected chi connectivity index (χ2v) is 24.5. The van der Waals surface area contributed by atoms with Gasteiger partial charge < -0.3 is 9.13 Å². The van der Waals surface area contributed by atoms with Crippen LogP contribution in [0.1, 0.15) is 111 Å². The van der Waals surface area contributed by atoms with Crippen LogP contribution in [0.25, 0.3) is 105 Å². The molecule has 0 atom stereocenters. The van der Waals surface area contributed by atoms with E-state index in [9.17, 15) is 5.26 Å². The van der Waals surface area contributed by atoms with Gasteiger partial charge in [-0.15, -0.1) is 0 Å². The molecule has 374 valence electrons. The van der Waals surface area contributed by atoms with Crippen LogP contribution >= 0.6 is 0 Å². The first-order valence-electron chi connectivity index (χ1n) is 26.3. The predicted octanol–water partition coefficient (Wildman–Crippen LogP) is 18.3. The first-order chi connectivity index (χ1) is 36.1. The summed E-state index contributed by atoms with van der Waals surface area (Å²) < 4.78 is 4.67. The number of aromatic nitrogens is 5. The monoisotopic (exact) mass is 990 g/mol. The minimum Gasteiger partial charge on any atom is -0.309 e. The van der Waals surface area contributed by atoms with E-state index in [1.54, 1.807) is 0 Å². The van der Waals surface area contributed by atoms with Gasteiger partial charge in [-0.3, -0.25) is 0 Å². The molecule has 76 heavy (non-hydrogen) atoms. The van der Waals surface area contributed by atoms with Gasteiger partial charge in [0.25, 0.3) is 0 Å². The Morgan fingerprint density at radius 3 is 1.21 bits per heavy atom. The van der Waals surface area contributed by atoms with Crippen LogP contribution in [-0.2, 0) is 21.7 Å². The number of rotatable bonds is 6. The lowest BCUT2D eigenvalue weighted by Crippen LogP contribution is -2.10. The predicted molar refractivity (Wildman–Crippen MR) is 316 cm³/mol. The summed E-state index contributed by atoms with van der Waals surface area (Å²) in [5, 5.41) is 15.1. The van der Waals surface area contributed by atoms with E-state index in [2.05, 4.69) is 194 Å². The maximum Gasteiger partial charge on any atom is 0.188 e. The molecule has 8 aromatic carbocycles. The summed E-state index contributed by atoms with van der Waals surface area (Å²) in [5.41, 5.74) is 15.6. The molecule has 0 saturated heterocycles. The van der Waals surface area contributed by atoms with Gasteiger partial charge in [0.2, 0.25) is 0 Å². The first-order valence-corrected chi connectivity index (χ1v) is 26.3. The van der Waals surface area contributed by atoms with E-state index in [1.807, 2.05) is 72.8 Å². The van der Waals surface area contributed by atoms with E-state index in [0.717, 1.165) is 77.2 Å². The molecule has 0 bridgehead atoms. The maximum atomic E-state index is 10.5. The van der Waals surface area contributed by atoms with Gasteiger partial charge in [-0.1, -0.05) is 168 Å². The summed E-state index contributed by atoms with van der Waals surface area (Å²) in [5.74, 6) is 1.37. The number of benzene rings is 8. The molecular weight excluding hydrogens is 927 g/mol. The van der Waals surface area contributed by atoms with Crippen LogP contribution in [-0.4, -0.2) is 24.1 Å². The highest BCUT2D eigenvalue weighted by Crippen LogP contribution is 2.44. The fourth-order valence-corrected chi connectivity index (χ4v) is 10.6. The lowest BCUT2D eigenvalue weighted by atomic mass is 9.85. The zero-order valence-corrected chi connectivity index (χ0v) is 45.7. The molecule has 11 aromatic rings. The van der Waals surface area contributed by atoms with Crippen LogP contribution in [0, 0.1) is 17.9 Å². The highest BCUT2D eigenvalue weighted by atomic mass is 15.1. The molecule has 7 nitrogen and oxygen atoms in total. The standard InChI is InChI=1S/C69H63N7/c1-66(2,3)45-24-30-57-51(36-45)52-37-46(67(4,5)6)25-31-58(52)75(57)61-29-23-43(50-22-18-17-21-44(50)41-70)35-55(61)64-72-63(42-19-15-14-16-20-42)73-65(74-64)56-40-49(71-13)28-34-62(56)76-59-32-26-47(68(7,8)9)38-53(59)54-39-48(69(10,11)12)27-33-60(54)76/h14-40H,1-12H3. The molecule has 0 N–H and O–H groups in total. The molecular formula is C69H63N7. The Labute approximate surface area is 447 Å². The Kier molecular flexibility index (Phi) is 11.8. The molecule has 0 saturated carbocycles. The Bertz CT molecular complexity index is 4080. The number of hydrogen-bond acceptors (Lipinski definition) is 4. The maximum absolute atomic E-state index is 10.5. The molecule has 0 fully saturated rings. The Balaban J connectivity index is 1.25. The van der Waals surface area contributed by atoms with Crippen LogP contribution in [0.5, 0.6) is 0 Å². The number of hydrogen-bond donors (Lipinski definition) is 0. The molecule has 0 aliphatic rings. The van der Waals surface area contributed by atoms with E-state index in [-0.39, 0.29) is 21.7 Å². The smallest absolute Gasteiger partial charge is 0.188 e. The van der Waals surface area contributed by atoms with E-state index >= 15 is 0 Å². The molecule has 7 heteroatoms. The van der Waals surface area contributed by atoms with E-state index in [1.165, 1.54) is 22.3 Å². The second kappa shape index (κ2) is 18.0. The SMILES string of the molecule is [C-]#[N+]c1ccc(-n2c3ccc(C(C)(C)C)cc3c3cc(C(C)(C)C)ccc32)c(-c2nc(-c3ccccc3)nc(-c3cc(-c4ccccc4C#N)ccc3-n3c4ccc(C(C)(C)C)cc4c4cc(C(C)(C)C)ccc43)n2)c1. The highest BCUT2D eigenvalue weighted by molar-refractivity contribution is 6.12. The normalized spacial score (nSPS) is 12.4. The molecule has 0 amide bonds. The average molecular weight is 990 g/mol. The summed E-state index contributed by atoms with van der Waals surface area (Å²) in [7, 11) is 0. The van der Waals surface area contributed by atoms with Gasteiger partial charge in [-0.05, 0) is 134 Å². The zero-order chi connectivity index (χ0) is 53.6. The average Bonchev–Trinajstić information content (AvgIpc) is 3.91. The van der Waals surface area contributed by atoms with Gasteiger partial charge in [0.1, 0.15) is 0 Å². The van der Waals surface area contributed by atoms with Crippen molar-refractivity contribution in [3.05, 3.63) is 203 Å². The van der Waals surface area contributed by atoms with Gasteiger partial charge >= 0.3 is 0 Å². The van der Waals surface area contributed by atoms with E-state index in [4.69, 9.17) is 21.5 Å². The minimum absolute atomic E-state index is 0.0708. The fraction of sp³-hybridized carbons (Fsp3) is 0.232. The quantitative estimate of drug-likeness (QED) is 0.156. The topological polar surface area (TPSA) is 76.7 Å². The molecule has 0 aliphatic heterocycles. The van der Waals surface area contributed by atoms with Crippen molar-refractivity contribution in [3.63, 3.8) is 0 Å². The summed E-state index contributed by atoms with van der Waals surface area (Å²) in [6.07, 6.45) is 0. The van der Waals surface area contributed by atoms with Crippen molar-refractivity contribution in [2.75, 3.05) is 0 Å². The molecule has 0 aliphatic carbocycles. The number of nitrogens with zero attached hydrogens (tertiary/aromatic N) is 7. The summed E-state index contributed by atoms with van der Waals surface area (Å²) in [6.45, 7) is 35.5. The minimum atomic E-state index is -0.0757. The van der Waals surface area contributed by atoms with Gasteiger partial charge in [-0.2, -0.15) is 5.26 Å². The number of nitriles is 1. The van der Waals surface area contributed by atoms with Gasteiger partial charge in [0.15, 0.2) is 23.2 Å². The van der Waals surface area contributed by atoms with Gasteiger partial charge in [0, 0.05) is 38.2 Å². The third-order valence-electron chi connectivity index (χ3n) is 15.1. The van der Waals surface area contributed by atoms with Crippen LogP contribution < -0.4 is 0 Å². The van der Waals surface area contributed by atoms with Gasteiger partial charge in [-0.25, -0.2) is 19.8 Å². The molecule has 0 spiro atoms. The Morgan fingerprint density at radius 2 is 0.789 bits per heavy atom. The Morgan fingerprint density at radius 1 is 0.395 bits per heavy atom. The van der Waals surface area contributed by atoms with Crippen LogP contribution in [0.2, 0.25) is 0 Å². The van der Waals surface area contributed by atoms with Crippen molar-refractivity contribution in [3.8, 4) is 62.7 Å². The third kappa shape index (κ3) is 8.70.